The standard InChI is InChI=1S/C43H84O4/c1-4-7-10-13-25-30-35-40-46-42(44)38-33-28-23-21-19-17-16-18-20-22-24-29-34-39-43(45)47-41(36-31-26-14-11-8-5-2)37-32-27-15-12-9-6-3/h41H,4-40H2,1-3H3. The van der Waals surface area contributed by atoms with Gasteiger partial charge in [0.05, 0.1) is 6.61 Å². The Morgan fingerprint density at radius 3 is 1.04 bits per heavy atom. The van der Waals surface area contributed by atoms with Gasteiger partial charge in [0, 0.05) is 12.8 Å². The fourth-order valence-electron chi connectivity index (χ4n) is 6.61. The van der Waals surface area contributed by atoms with Crippen molar-refractivity contribution in [2.75, 3.05) is 6.61 Å². The third-order valence-corrected chi connectivity index (χ3v) is 9.83. The summed E-state index contributed by atoms with van der Waals surface area (Å²) in [4.78, 5) is 24.5. The molecule has 0 atom stereocenters. The van der Waals surface area contributed by atoms with E-state index in [1.807, 2.05) is 0 Å². The molecule has 0 aromatic heterocycles. The molecule has 0 saturated heterocycles. The lowest BCUT2D eigenvalue weighted by atomic mass is 10.0. The Labute approximate surface area is 295 Å². The Balaban J connectivity index is 3.63. The number of esters is 2. The molecular formula is C43H84O4. The molecule has 280 valence electrons. The van der Waals surface area contributed by atoms with Crippen LogP contribution in [0.1, 0.15) is 252 Å². The van der Waals surface area contributed by atoms with Crippen LogP contribution in [-0.4, -0.2) is 24.6 Å². The Morgan fingerprint density at radius 1 is 0.362 bits per heavy atom. The highest BCUT2D eigenvalue weighted by atomic mass is 16.5. The molecule has 0 aliphatic carbocycles. The zero-order chi connectivity index (χ0) is 34.3. The first-order valence-electron chi connectivity index (χ1n) is 21.5. The van der Waals surface area contributed by atoms with Gasteiger partial charge < -0.3 is 9.47 Å². The molecule has 0 amide bonds. The highest BCUT2D eigenvalue weighted by Crippen LogP contribution is 2.19. The average molecular weight is 665 g/mol. The van der Waals surface area contributed by atoms with E-state index >= 15 is 0 Å². The second-order valence-corrected chi connectivity index (χ2v) is 14.7. The maximum Gasteiger partial charge on any atom is 0.306 e. The molecule has 0 bridgehead atoms. The normalized spacial score (nSPS) is 11.4. The first-order chi connectivity index (χ1) is 23.1. The minimum atomic E-state index is 0.00200. The maximum absolute atomic E-state index is 12.6. The summed E-state index contributed by atoms with van der Waals surface area (Å²) >= 11 is 0. The lowest BCUT2D eigenvalue weighted by molar-refractivity contribution is -0.150. The molecule has 0 heterocycles. The third-order valence-electron chi connectivity index (χ3n) is 9.83. The summed E-state index contributed by atoms with van der Waals surface area (Å²) in [5.41, 5.74) is 0. The van der Waals surface area contributed by atoms with E-state index in [9.17, 15) is 9.59 Å². The molecule has 0 aliphatic rings. The van der Waals surface area contributed by atoms with Crippen molar-refractivity contribution in [2.24, 2.45) is 0 Å². The average Bonchev–Trinajstić information content (AvgIpc) is 3.07. The number of carbonyl (C=O) groups excluding carboxylic acids is 2. The summed E-state index contributed by atoms with van der Waals surface area (Å²) < 4.78 is 11.4. The zero-order valence-electron chi connectivity index (χ0n) is 32.4. The van der Waals surface area contributed by atoms with Gasteiger partial charge in [0.1, 0.15) is 6.10 Å². The lowest BCUT2D eigenvalue weighted by Crippen LogP contribution is -2.18. The summed E-state index contributed by atoms with van der Waals surface area (Å²) in [5, 5.41) is 0. The van der Waals surface area contributed by atoms with Crippen LogP contribution in [0.2, 0.25) is 0 Å². The summed E-state index contributed by atoms with van der Waals surface area (Å²) in [7, 11) is 0. The molecule has 0 saturated carbocycles. The molecule has 0 aromatic carbocycles. The Bertz CT molecular complexity index is 617. The van der Waals surface area contributed by atoms with Crippen molar-refractivity contribution >= 4 is 11.9 Å². The molecule has 0 radical (unpaired) electrons. The fourth-order valence-corrected chi connectivity index (χ4v) is 6.61. The maximum atomic E-state index is 12.6. The summed E-state index contributed by atoms with van der Waals surface area (Å²) in [6, 6.07) is 0. The van der Waals surface area contributed by atoms with E-state index < -0.39 is 0 Å². The predicted molar refractivity (Wildman–Crippen MR) is 204 cm³/mol. The number of carbonyl (C=O) groups is 2. The highest BCUT2D eigenvalue weighted by molar-refractivity contribution is 5.69. The Kier molecular flexibility index (Phi) is 38.5. The van der Waals surface area contributed by atoms with Crippen LogP contribution in [0.4, 0.5) is 0 Å². The van der Waals surface area contributed by atoms with E-state index in [-0.39, 0.29) is 18.0 Å². The van der Waals surface area contributed by atoms with Crippen molar-refractivity contribution in [3.05, 3.63) is 0 Å². The van der Waals surface area contributed by atoms with Crippen LogP contribution in [0.15, 0.2) is 0 Å². The van der Waals surface area contributed by atoms with Crippen LogP contribution in [0.5, 0.6) is 0 Å². The molecule has 0 aromatic rings. The van der Waals surface area contributed by atoms with Gasteiger partial charge in [0.15, 0.2) is 0 Å². The van der Waals surface area contributed by atoms with Crippen LogP contribution in [-0.2, 0) is 19.1 Å². The summed E-state index contributed by atoms with van der Waals surface area (Å²) in [6.45, 7) is 7.39. The largest absolute Gasteiger partial charge is 0.466 e. The minimum absolute atomic E-state index is 0.00200. The van der Waals surface area contributed by atoms with Gasteiger partial charge in [0.25, 0.3) is 0 Å². The monoisotopic (exact) mass is 665 g/mol. The number of rotatable bonds is 39. The van der Waals surface area contributed by atoms with Gasteiger partial charge in [-0.25, -0.2) is 0 Å². The number of unbranched alkanes of at least 4 members (excludes halogenated alkanes) is 28. The van der Waals surface area contributed by atoms with Crippen LogP contribution >= 0.6 is 0 Å². The number of hydrogen-bond acceptors (Lipinski definition) is 4. The van der Waals surface area contributed by atoms with Gasteiger partial charge in [-0.3, -0.25) is 9.59 Å². The van der Waals surface area contributed by atoms with Gasteiger partial charge >= 0.3 is 11.9 Å². The van der Waals surface area contributed by atoms with E-state index in [2.05, 4.69) is 20.8 Å². The van der Waals surface area contributed by atoms with Crippen LogP contribution in [0.25, 0.3) is 0 Å². The number of ether oxygens (including phenoxy) is 2. The van der Waals surface area contributed by atoms with Crippen LogP contribution < -0.4 is 0 Å². The predicted octanol–water partition coefficient (Wildman–Crippen LogP) is 14.5. The first-order valence-corrected chi connectivity index (χ1v) is 21.5. The zero-order valence-corrected chi connectivity index (χ0v) is 32.4. The van der Waals surface area contributed by atoms with Crippen molar-refractivity contribution in [2.45, 2.75) is 258 Å². The van der Waals surface area contributed by atoms with Gasteiger partial charge in [-0.1, -0.05) is 194 Å². The molecule has 0 spiro atoms. The second kappa shape index (κ2) is 39.4. The van der Waals surface area contributed by atoms with E-state index in [0.717, 1.165) is 44.9 Å². The van der Waals surface area contributed by atoms with Crippen molar-refractivity contribution in [3.63, 3.8) is 0 Å². The molecule has 0 rings (SSSR count). The van der Waals surface area contributed by atoms with Gasteiger partial charge in [-0.15, -0.1) is 0 Å². The molecule has 0 unspecified atom stereocenters. The van der Waals surface area contributed by atoms with Crippen LogP contribution in [0.3, 0.4) is 0 Å². The van der Waals surface area contributed by atoms with Crippen molar-refractivity contribution in [1.82, 2.24) is 0 Å². The van der Waals surface area contributed by atoms with Gasteiger partial charge in [0.2, 0.25) is 0 Å². The van der Waals surface area contributed by atoms with Crippen molar-refractivity contribution in [3.8, 4) is 0 Å². The van der Waals surface area contributed by atoms with Crippen molar-refractivity contribution < 1.29 is 19.1 Å². The molecule has 47 heavy (non-hydrogen) atoms. The third kappa shape index (κ3) is 37.6. The quantitative estimate of drug-likeness (QED) is 0.0485. The summed E-state index contributed by atoms with van der Waals surface area (Å²) in [5.74, 6) is 0.0489. The molecule has 4 nitrogen and oxygen atoms in total. The van der Waals surface area contributed by atoms with Crippen LogP contribution in [0, 0.1) is 0 Å². The van der Waals surface area contributed by atoms with Gasteiger partial charge in [-0.2, -0.15) is 0 Å². The highest BCUT2D eigenvalue weighted by Gasteiger charge is 2.14. The SMILES string of the molecule is CCCCCCCCCOC(=O)CCCCCCCCCCCCCCCC(=O)OC(CCCCCCCC)CCCCCCCC. The Morgan fingerprint density at radius 2 is 0.660 bits per heavy atom. The summed E-state index contributed by atoms with van der Waals surface area (Å²) in [6.07, 6.45) is 43.8. The van der Waals surface area contributed by atoms with E-state index in [1.165, 1.54) is 173 Å². The van der Waals surface area contributed by atoms with Crippen molar-refractivity contribution in [1.29, 1.82) is 0 Å². The van der Waals surface area contributed by atoms with E-state index in [0.29, 0.717) is 19.4 Å². The molecule has 0 fully saturated rings. The molecule has 0 aliphatic heterocycles. The second-order valence-electron chi connectivity index (χ2n) is 14.7. The number of hydrogen-bond donors (Lipinski definition) is 0. The first kappa shape index (κ1) is 45.9. The molecule has 4 heteroatoms. The molecular weight excluding hydrogens is 580 g/mol. The fraction of sp³-hybridized carbons (Fsp3) is 0.953. The van der Waals surface area contributed by atoms with E-state index in [4.69, 9.17) is 9.47 Å². The van der Waals surface area contributed by atoms with E-state index in [1.54, 1.807) is 0 Å². The topological polar surface area (TPSA) is 52.6 Å². The van der Waals surface area contributed by atoms with Gasteiger partial charge in [-0.05, 0) is 44.9 Å². The smallest absolute Gasteiger partial charge is 0.306 e. The minimum Gasteiger partial charge on any atom is -0.466 e. The Hall–Kier alpha value is -1.06. The molecule has 0 N–H and O–H groups in total. The lowest BCUT2D eigenvalue weighted by Gasteiger charge is -2.18.